The van der Waals surface area contributed by atoms with Gasteiger partial charge in [-0.15, -0.1) is 0 Å². The average molecular weight is 259 g/mol. The van der Waals surface area contributed by atoms with Gasteiger partial charge in [-0.25, -0.2) is 10.4 Å². The number of hydrogen-bond donors (Lipinski definition) is 2. The Kier molecular flexibility index (Phi) is 4.33. The fraction of sp³-hybridized carbons (Fsp3) is 0.214. The van der Waals surface area contributed by atoms with E-state index in [2.05, 4.69) is 10.4 Å². The number of hydrogen-bond acceptors (Lipinski definition) is 5. The van der Waals surface area contributed by atoms with Crippen molar-refractivity contribution >= 4 is 0 Å². The number of pyridine rings is 1. The molecule has 0 radical (unpaired) electrons. The molecule has 1 aromatic carbocycles. The molecule has 100 valence electrons. The molecule has 0 aliphatic rings. The second kappa shape index (κ2) is 6.17. The van der Waals surface area contributed by atoms with Crippen molar-refractivity contribution in [3.05, 3.63) is 53.7 Å². The van der Waals surface area contributed by atoms with Crippen LogP contribution in [0.5, 0.6) is 11.6 Å². The van der Waals surface area contributed by atoms with E-state index in [1.165, 1.54) is 0 Å². The standard InChI is InChI=1S/C14H17N3O2/c1-18-11-6-3-5-10(9-11)13(17-15)12-7-4-8-16-14(12)19-2/h3-9,13,17H,15H2,1-2H3. The van der Waals surface area contributed by atoms with Gasteiger partial charge in [-0.3, -0.25) is 5.84 Å². The Bertz CT molecular complexity index is 546. The van der Waals surface area contributed by atoms with Crippen molar-refractivity contribution in [1.82, 2.24) is 10.4 Å². The zero-order valence-corrected chi connectivity index (χ0v) is 11.0. The van der Waals surface area contributed by atoms with Crippen molar-refractivity contribution in [3.63, 3.8) is 0 Å². The summed E-state index contributed by atoms with van der Waals surface area (Å²) in [7, 11) is 3.22. The lowest BCUT2D eigenvalue weighted by atomic mass is 10.00. The molecule has 1 atom stereocenters. The molecule has 1 unspecified atom stereocenters. The van der Waals surface area contributed by atoms with Gasteiger partial charge in [-0.05, 0) is 23.8 Å². The Morgan fingerprint density at radius 1 is 1.16 bits per heavy atom. The Labute approximate surface area is 112 Å². The summed E-state index contributed by atoms with van der Waals surface area (Å²) in [6.07, 6.45) is 1.68. The first-order valence-corrected chi connectivity index (χ1v) is 5.89. The number of nitrogens with two attached hydrogens (primary N) is 1. The third-order valence-electron chi connectivity index (χ3n) is 2.90. The van der Waals surface area contributed by atoms with Gasteiger partial charge in [0.2, 0.25) is 5.88 Å². The molecule has 0 fully saturated rings. The average Bonchev–Trinajstić information content (AvgIpc) is 2.49. The van der Waals surface area contributed by atoms with Crippen molar-refractivity contribution in [1.29, 1.82) is 0 Å². The molecule has 0 aliphatic carbocycles. The Hall–Kier alpha value is -2.11. The molecule has 1 heterocycles. The van der Waals surface area contributed by atoms with E-state index in [1.807, 2.05) is 36.4 Å². The highest BCUT2D eigenvalue weighted by atomic mass is 16.5. The maximum Gasteiger partial charge on any atom is 0.218 e. The van der Waals surface area contributed by atoms with Crippen LogP contribution in [0.15, 0.2) is 42.6 Å². The van der Waals surface area contributed by atoms with Crippen LogP contribution in [-0.4, -0.2) is 19.2 Å². The quantitative estimate of drug-likeness (QED) is 0.631. The number of nitrogens with zero attached hydrogens (tertiary/aromatic N) is 1. The summed E-state index contributed by atoms with van der Waals surface area (Å²) in [4.78, 5) is 4.19. The summed E-state index contributed by atoms with van der Waals surface area (Å²) in [5.74, 6) is 7.01. The van der Waals surface area contributed by atoms with Gasteiger partial charge in [0, 0.05) is 11.8 Å². The monoisotopic (exact) mass is 259 g/mol. The lowest BCUT2D eigenvalue weighted by Crippen LogP contribution is -2.29. The van der Waals surface area contributed by atoms with Crippen molar-refractivity contribution in [3.8, 4) is 11.6 Å². The molecular formula is C14H17N3O2. The van der Waals surface area contributed by atoms with E-state index in [-0.39, 0.29) is 6.04 Å². The highest BCUT2D eigenvalue weighted by Crippen LogP contribution is 2.29. The van der Waals surface area contributed by atoms with Crippen molar-refractivity contribution < 1.29 is 9.47 Å². The van der Waals surface area contributed by atoms with Crippen LogP contribution in [0.2, 0.25) is 0 Å². The van der Waals surface area contributed by atoms with Crippen LogP contribution < -0.4 is 20.7 Å². The molecule has 0 amide bonds. The molecule has 0 saturated heterocycles. The molecular weight excluding hydrogens is 242 g/mol. The molecule has 0 bridgehead atoms. The minimum Gasteiger partial charge on any atom is -0.497 e. The first kappa shape index (κ1) is 13.3. The molecule has 0 aliphatic heterocycles. The molecule has 19 heavy (non-hydrogen) atoms. The minimum atomic E-state index is -0.209. The summed E-state index contributed by atoms with van der Waals surface area (Å²) >= 11 is 0. The van der Waals surface area contributed by atoms with E-state index in [9.17, 15) is 0 Å². The summed E-state index contributed by atoms with van der Waals surface area (Å²) in [6.45, 7) is 0. The number of nitrogens with one attached hydrogen (secondary N) is 1. The second-order valence-electron chi connectivity index (χ2n) is 3.98. The van der Waals surface area contributed by atoms with Gasteiger partial charge >= 0.3 is 0 Å². The second-order valence-corrected chi connectivity index (χ2v) is 3.98. The molecule has 2 rings (SSSR count). The molecule has 0 spiro atoms. The van der Waals surface area contributed by atoms with Crippen molar-refractivity contribution in [2.45, 2.75) is 6.04 Å². The lowest BCUT2D eigenvalue weighted by Gasteiger charge is -2.19. The summed E-state index contributed by atoms with van der Waals surface area (Å²) in [6, 6.07) is 11.3. The van der Waals surface area contributed by atoms with E-state index >= 15 is 0 Å². The van der Waals surface area contributed by atoms with E-state index in [0.717, 1.165) is 16.9 Å². The smallest absolute Gasteiger partial charge is 0.218 e. The SMILES string of the molecule is COc1cccc(C(NN)c2cccnc2OC)c1. The van der Waals surface area contributed by atoms with Crippen LogP contribution >= 0.6 is 0 Å². The van der Waals surface area contributed by atoms with Gasteiger partial charge in [0.25, 0.3) is 0 Å². The third-order valence-corrected chi connectivity index (χ3v) is 2.90. The minimum absolute atomic E-state index is 0.209. The van der Waals surface area contributed by atoms with Crippen molar-refractivity contribution in [2.24, 2.45) is 5.84 Å². The number of benzene rings is 1. The van der Waals surface area contributed by atoms with Gasteiger partial charge in [0.05, 0.1) is 20.3 Å². The van der Waals surface area contributed by atoms with Gasteiger partial charge in [0.15, 0.2) is 0 Å². The van der Waals surface area contributed by atoms with Crippen LogP contribution in [0.3, 0.4) is 0 Å². The maximum absolute atomic E-state index is 5.68. The maximum atomic E-state index is 5.68. The molecule has 3 N–H and O–H groups in total. The Morgan fingerprint density at radius 2 is 2.00 bits per heavy atom. The molecule has 0 saturated carbocycles. The first-order chi connectivity index (χ1) is 9.30. The number of rotatable bonds is 5. The van der Waals surface area contributed by atoms with Gasteiger partial charge in [-0.2, -0.15) is 0 Å². The van der Waals surface area contributed by atoms with Crippen LogP contribution in [0.1, 0.15) is 17.2 Å². The highest BCUT2D eigenvalue weighted by molar-refractivity contribution is 5.40. The summed E-state index contributed by atoms with van der Waals surface area (Å²) in [5.41, 5.74) is 4.64. The van der Waals surface area contributed by atoms with Crippen molar-refractivity contribution in [2.75, 3.05) is 14.2 Å². The van der Waals surface area contributed by atoms with Crippen LogP contribution in [0.4, 0.5) is 0 Å². The first-order valence-electron chi connectivity index (χ1n) is 5.89. The van der Waals surface area contributed by atoms with Crippen LogP contribution in [0, 0.1) is 0 Å². The number of aromatic nitrogens is 1. The largest absolute Gasteiger partial charge is 0.497 e. The summed E-state index contributed by atoms with van der Waals surface area (Å²) in [5, 5.41) is 0. The fourth-order valence-electron chi connectivity index (χ4n) is 1.98. The van der Waals surface area contributed by atoms with Gasteiger partial charge < -0.3 is 9.47 Å². The molecule has 1 aromatic heterocycles. The Morgan fingerprint density at radius 3 is 2.68 bits per heavy atom. The number of ether oxygens (including phenoxy) is 2. The fourth-order valence-corrected chi connectivity index (χ4v) is 1.98. The molecule has 2 aromatic rings. The van der Waals surface area contributed by atoms with E-state index in [1.54, 1.807) is 20.4 Å². The van der Waals surface area contributed by atoms with Gasteiger partial charge in [0.1, 0.15) is 5.75 Å². The molecule has 5 heteroatoms. The van der Waals surface area contributed by atoms with Crippen LogP contribution in [0.25, 0.3) is 0 Å². The zero-order valence-electron chi connectivity index (χ0n) is 11.0. The predicted octanol–water partition coefficient (Wildman–Crippen LogP) is 1.65. The Balaban J connectivity index is 2.43. The van der Waals surface area contributed by atoms with Crippen LogP contribution in [-0.2, 0) is 0 Å². The molecule has 5 nitrogen and oxygen atoms in total. The number of hydrazine groups is 1. The van der Waals surface area contributed by atoms with E-state index in [0.29, 0.717) is 5.88 Å². The highest BCUT2D eigenvalue weighted by Gasteiger charge is 2.17. The zero-order chi connectivity index (χ0) is 13.7. The normalized spacial score (nSPS) is 11.9. The predicted molar refractivity (Wildman–Crippen MR) is 72.9 cm³/mol. The van der Waals surface area contributed by atoms with E-state index in [4.69, 9.17) is 15.3 Å². The number of methoxy groups -OCH3 is 2. The van der Waals surface area contributed by atoms with Gasteiger partial charge in [-0.1, -0.05) is 18.2 Å². The third kappa shape index (κ3) is 2.83. The summed E-state index contributed by atoms with van der Waals surface area (Å²) < 4.78 is 10.5. The lowest BCUT2D eigenvalue weighted by molar-refractivity contribution is 0.386. The topological polar surface area (TPSA) is 69.4 Å². The van der Waals surface area contributed by atoms with E-state index < -0.39 is 0 Å².